The Labute approximate surface area is 189 Å². The van der Waals surface area contributed by atoms with E-state index in [2.05, 4.69) is 0 Å². The van der Waals surface area contributed by atoms with Gasteiger partial charge in [0.2, 0.25) is 17.2 Å². The van der Waals surface area contributed by atoms with Crippen molar-refractivity contribution in [3.63, 3.8) is 0 Å². The molecule has 0 amide bonds. The monoisotopic (exact) mass is 458 g/mol. The van der Waals surface area contributed by atoms with Crippen molar-refractivity contribution in [2.45, 2.75) is 38.5 Å². The molecule has 0 bridgehead atoms. The van der Waals surface area contributed by atoms with Crippen LogP contribution in [-0.4, -0.2) is 46.0 Å². The predicted molar refractivity (Wildman–Crippen MR) is 119 cm³/mol. The molecule has 0 saturated heterocycles. The van der Waals surface area contributed by atoms with E-state index >= 15 is 0 Å². The molecule has 176 valence electrons. The molecule has 3 aromatic rings. The summed E-state index contributed by atoms with van der Waals surface area (Å²) in [7, 11) is 0. The zero-order chi connectivity index (χ0) is 25.0. The second kappa shape index (κ2) is 7.47. The normalized spacial score (nSPS) is 12.1. The van der Waals surface area contributed by atoms with E-state index in [1.165, 1.54) is 18.2 Å². The molecule has 33 heavy (non-hydrogen) atoms. The largest absolute Gasteiger partial charge is 0.504 e. The first-order valence-corrected chi connectivity index (χ1v) is 9.91. The predicted octanol–water partition coefficient (Wildman–Crippen LogP) is 3.69. The van der Waals surface area contributed by atoms with Crippen LogP contribution in [0.1, 0.15) is 49.9 Å². The molecule has 0 heterocycles. The maximum absolute atomic E-state index is 10.7. The van der Waals surface area contributed by atoms with Gasteiger partial charge in [-0.15, -0.1) is 0 Å². The topological polar surface area (TPSA) is 182 Å². The van der Waals surface area contributed by atoms with Crippen molar-refractivity contribution in [2.75, 3.05) is 0 Å². The maximum Gasteiger partial charge on any atom is 0.200 e. The summed E-state index contributed by atoms with van der Waals surface area (Å²) in [5, 5.41) is 91.8. The average molecular weight is 458 g/mol. The summed E-state index contributed by atoms with van der Waals surface area (Å²) < 4.78 is 0. The molecular weight excluding hydrogens is 432 g/mol. The van der Waals surface area contributed by atoms with Gasteiger partial charge in [-0.3, -0.25) is 0 Å². The molecule has 9 heteroatoms. The fraction of sp³-hybridized carbons (Fsp3) is 0.250. The molecule has 0 atom stereocenters. The van der Waals surface area contributed by atoms with Gasteiger partial charge in [-0.25, -0.2) is 0 Å². The molecule has 0 radical (unpaired) electrons. The Morgan fingerprint density at radius 3 is 1.03 bits per heavy atom. The van der Waals surface area contributed by atoms with E-state index in [0.29, 0.717) is 0 Å². The molecule has 0 saturated carbocycles. The molecule has 0 spiro atoms. The number of benzene rings is 3. The quantitative estimate of drug-likeness (QED) is 0.263. The first kappa shape index (κ1) is 23.5. The van der Waals surface area contributed by atoms with Crippen molar-refractivity contribution in [1.82, 2.24) is 0 Å². The first-order chi connectivity index (χ1) is 15.1. The number of hydrogen-bond acceptors (Lipinski definition) is 9. The van der Waals surface area contributed by atoms with Gasteiger partial charge in [0.25, 0.3) is 0 Å². The molecule has 9 N–H and O–H groups in total. The zero-order valence-electron chi connectivity index (χ0n) is 18.4. The van der Waals surface area contributed by atoms with Crippen LogP contribution in [0.5, 0.6) is 51.7 Å². The molecular formula is C24H26O9. The van der Waals surface area contributed by atoms with Crippen LogP contribution in [0.4, 0.5) is 0 Å². The number of phenolic OH excluding ortho intramolecular Hbond substituents is 9. The molecule has 0 aliphatic heterocycles. The third-order valence-electron chi connectivity index (χ3n) is 6.20. The molecule has 0 unspecified atom stereocenters. The van der Waals surface area contributed by atoms with Crippen LogP contribution in [0, 0.1) is 0 Å². The zero-order valence-corrected chi connectivity index (χ0v) is 18.4. The highest BCUT2D eigenvalue weighted by Crippen LogP contribution is 2.54. The Balaban J connectivity index is 2.31. The van der Waals surface area contributed by atoms with E-state index in [9.17, 15) is 46.0 Å². The van der Waals surface area contributed by atoms with Gasteiger partial charge in [-0.1, -0.05) is 39.8 Å². The Morgan fingerprint density at radius 1 is 0.394 bits per heavy atom. The van der Waals surface area contributed by atoms with Gasteiger partial charge in [0.1, 0.15) is 0 Å². The third kappa shape index (κ3) is 3.42. The van der Waals surface area contributed by atoms with E-state index in [1.807, 2.05) is 0 Å². The summed E-state index contributed by atoms with van der Waals surface area (Å²) >= 11 is 0. The van der Waals surface area contributed by atoms with Gasteiger partial charge < -0.3 is 46.0 Å². The van der Waals surface area contributed by atoms with Crippen molar-refractivity contribution < 1.29 is 46.0 Å². The van der Waals surface area contributed by atoms with E-state index in [1.54, 1.807) is 27.7 Å². The molecule has 0 aliphatic rings. The van der Waals surface area contributed by atoms with Crippen LogP contribution in [0.25, 0.3) is 0 Å². The fourth-order valence-electron chi connectivity index (χ4n) is 4.04. The summed E-state index contributed by atoms with van der Waals surface area (Å²) in [6.07, 6.45) is 0. The van der Waals surface area contributed by atoms with Crippen LogP contribution in [-0.2, 0) is 10.8 Å². The van der Waals surface area contributed by atoms with Crippen molar-refractivity contribution in [1.29, 1.82) is 0 Å². The third-order valence-corrected chi connectivity index (χ3v) is 6.20. The fourth-order valence-corrected chi connectivity index (χ4v) is 4.04. The van der Waals surface area contributed by atoms with E-state index in [0.717, 1.165) is 12.1 Å². The highest BCUT2D eigenvalue weighted by molar-refractivity contribution is 5.67. The summed E-state index contributed by atoms with van der Waals surface area (Å²) in [6, 6.07) is 6.35. The van der Waals surface area contributed by atoms with Gasteiger partial charge in [0, 0.05) is 33.1 Å². The number of aromatic hydroxyl groups is 9. The molecule has 0 fully saturated rings. The van der Waals surface area contributed by atoms with E-state index < -0.39 is 62.6 Å². The van der Waals surface area contributed by atoms with Gasteiger partial charge >= 0.3 is 0 Å². The Morgan fingerprint density at radius 2 is 0.697 bits per heavy atom. The van der Waals surface area contributed by atoms with Crippen LogP contribution >= 0.6 is 0 Å². The summed E-state index contributed by atoms with van der Waals surface area (Å²) in [5.41, 5.74) is -2.24. The van der Waals surface area contributed by atoms with Crippen molar-refractivity contribution in [2.24, 2.45) is 0 Å². The lowest BCUT2D eigenvalue weighted by Crippen LogP contribution is -2.23. The highest BCUT2D eigenvalue weighted by atomic mass is 16.3. The van der Waals surface area contributed by atoms with E-state index in [4.69, 9.17) is 0 Å². The van der Waals surface area contributed by atoms with Gasteiger partial charge in [0.05, 0.1) is 0 Å². The van der Waals surface area contributed by atoms with Gasteiger partial charge in [-0.2, -0.15) is 0 Å². The lowest BCUT2D eigenvalue weighted by atomic mass is 9.72. The lowest BCUT2D eigenvalue weighted by Gasteiger charge is -2.33. The Hall–Kier alpha value is -4.14. The van der Waals surface area contributed by atoms with Crippen LogP contribution in [0.3, 0.4) is 0 Å². The molecule has 0 aliphatic carbocycles. The summed E-state index contributed by atoms with van der Waals surface area (Å²) in [6.45, 7) is 6.30. The van der Waals surface area contributed by atoms with Crippen LogP contribution < -0.4 is 0 Å². The SMILES string of the molecule is CC(C)(c1ccc(O)c(O)c1O)c1cc(C(C)(C)c2ccc(O)c(O)c2O)c(O)c(O)c1O. The average Bonchev–Trinajstić information content (AvgIpc) is 2.73. The summed E-state index contributed by atoms with van der Waals surface area (Å²) in [5.74, 6) is -6.08. The van der Waals surface area contributed by atoms with Gasteiger partial charge in [-0.05, 0) is 18.2 Å². The minimum atomic E-state index is -1.27. The first-order valence-electron chi connectivity index (χ1n) is 9.91. The molecule has 0 aromatic heterocycles. The Bertz CT molecular complexity index is 1170. The standard InChI is InChI=1S/C24H26O9/c1-23(2,10-5-7-14(25)20(31)16(10)27)12-9-13(19(30)22(33)18(12)29)24(3,4)11-6-8-15(26)21(32)17(11)28/h5-9,25-33H,1-4H3. The van der Waals surface area contributed by atoms with Crippen LogP contribution in [0.15, 0.2) is 30.3 Å². The van der Waals surface area contributed by atoms with Gasteiger partial charge in [0.15, 0.2) is 34.5 Å². The maximum atomic E-state index is 10.7. The minimum Gasteiger partial charge on any atom is -0.504 e. The number of rotatable bonds is 4. The molecule has 9 nitrogen and oxygen atoms in total. The smallest absolute Gasteiger partial charge is 0.200 e. The number of phenols is 9. The highest BCUT2D eigenvalue weighted by Gasteiger charge is 2.38. The summed E-state index contributed by atoms with van der Waals surface area (Å²) in [4.78, 5) is 0. The van der Waals surface area contributed by atoms with E-state index in [-0.39, 0.29) is 22.3 Å². The lowest BCUT2D eigenvalue weighted by molar-refractivity contribution is 0.345. The second-order valence-electron chi connectivity index (χ2n) is 8.93. The molecule has 3 aromatic carbocycles. The van der Waals surface area contributed by atoms with Crippen molar-refractivity contribution >= 4 is 0 Å². The number of hydrogen-bond donors (Lipinski definition) is 9. The Kier molecular flexibility index (Phi) is 5.33. The minimum absolute atomic E-state index is 0.0451. The molecule has 3 rings (SSSR count). The van der Waals surface area contributed by atoms with Crippen molar-refractivity contribution in [3.8, 4) is 51.7 Å². The van der Waals surface area contributed by atoms with Crippen molar-refractivity contribution in [3.05, 3.63) is 52.6 Å². The van der Waals surface area contributed by atoms with Crippen LogP contribution in [0.2, 0.25) is 0 Å². The second-order valence-corrected chi connectivity index (χ2v) is 8.93.